The monoisotopic (exact) mass is 379 g/mol. The minimum atomic E-state index is -0.360. The van der Waals surface area contributed by atoms with Crippen molar-refractivity contribution in [1.29, 1.82) is 0 Å². The molecule has 0 heterocycles. The quantitative estimate of drug-likeness (QED) is 0.540. The number of aromatic hydroxyl groups is 1. The van der Waals surface area contributed by atoms with E-state index >= 15 is 0 Å². The van der Waals surface area contributed by atoms with Gasteiger partial charge in [-0.25, -0.2) is 5.43 Å². The van der Waals surface area contributed by atoms with Crippen LogP contribution in [0.1, 0.15) is 54.9 Å². The van der Waals surface area contributed by atoms with E-state index in [1.807, 2.05) is 24.3 Å². The van der Waals surface area contributed by atoms with Crippen LogP contribution < -0.4 is 10.7 Å². The predicted octanol–water partition coefficient (Wildman–Crippen LogP) is 4.07. The molecule has 1 aliphatic carbocycles. The number of phenolic OH excluding ortho intramolecular Hbond substituents is 1. The van der Waals surface area contributed by atoms with Gasteiger partial charge in [0.25, 0.3) is 5.91 Å². The number of benzene rings is 2. The molecule has 0 aliphatic heterocycles. The van der Waals surface area contributed by atoms with E-state index in [0.717, 1.165) is 36.9 Å². The van der Waals surface area contributed by atoms with Gasteiger partial charge >= 0.3 is 0 Å². The van der Waals surface area contributed by atoms with Crippen molar-refractivity contribution >= 4 is 23.2 Å². The zero-order valence-corrected chi connectivity index (χ0v) is 15.9. The second-order valence-corrected chi connectivity index (χ2v) is 7.09. The first kappa shape index (κ1) is 19.6. The third kappa shape index (κ3) is 5.19. The molecule has 1 saturated carbocycles. The molecule has 3 rings (SSSR count). The van der Waals surface area contributed by atoms with Gasteiger partial charge in [0.05, 0.1) is 5.71 Å². The first-order valence-corrected chi connectivity index (χ1v) is 9.58. The Balaban J connectivity index is 1.63. The number of nitrogens with one attached hydrogen (secondary N) is 2. The highest BCUT2D eigenvalue weighted by Gasteiger charge is 2.21. The van der Waals surface area contributed by atoms with Gasteiger partial charge < -0.3 is 10.4 Å². The molecule has 28 heavy (non-hydrogen) atoms. The van der Waals surface area contributed by atoms with Gasteiger partial charge in [-0.15, -0.1) is 0 Å². The maximum Gasteiger partial charge on any atom is 0.271 e. The first-order valence-electron chi connectivity index (χ1n) is 9.58. The van der Waals surface area contributed by atoms with E-state index in [2.05, 4.69) is 15.8 Å². The topological polar surface area (TPSA) is 90.8 Å². The van der Waals surface area contributed by atoms with Crippen LogP contribution in [-0.2, 0) is 4.79 Å². The summed E-state index contributed by atoms with van der Waals surface area (Å²) in [6.45, 7) is 1.79. The maximum absolute atomic E-state index is 12.4. The summed E-state index contributed by atoms with van der Waals surface area (Å²) in [6, 6.07) is 13.4. The van der Waals surface area contributed by atoms with E-state index in [1.54, 1.807) is 6.92 Å². The highest BCUT2D eigenvalue weighted by Crippen LogP contribution is 2.25. The molecule has 0 saturated heterocycles. The van der Waals surface area contributed by atoms with Gasteiger partial charge in [0, 0.05) is 17.2 Å². The minimum Gasteiger partial charge on any atom is -0.508 e. The molecule has 2 aromatic carbocycles. The van der Waals surface area contributed by atoms with E-state index in [-0.39, 0.29) is 23.5 Å². The minimum absolute atomic E-state index is 0.0760. The molecule has 146 valence electrons. The zero-order chi connectivity index (χ0) is 19.9. The summed E-state index contributed by atoms with van der Waals surface area (Å²) in [4.78, 5) is 24.6. The van der Waals surface area contributed by atoms with Crippen molar-refractivity contribution in [2.45, 2.75) is 39.0 Å². The molecule has 0 bridgehead atoms. The summed E-state index contributed by atoms with van der Waals surface area (Å²) in [6.07, 6.45) is 5.35. The number of carbonyl (C=O) groups excluding carboxylic acids is 2. The Labute approximate surface area is 164 Å². The number of amides is 2. The zero-order valence-electron chi connectivity index (χ0n) is 15.9. The van der Waals surface area contributed by atoms with Crippen LogP contribution in [0.5, 0.6) is 5.75 Å². The molecule has 0 unspecified atom stereocenters. The molecule has 6 heteroatoms. The van der Waals surface area contributed by atoms with Gasteiger partial charge in [0.1, 0.15) is 5.75 Å². The van der Waals surface area contributed by atoms with Crippen molar-refractivity contribution in [3.8, 4) is 5.75 Å². The Kier molecular flexibility index (Phi) is 6.42. The molecule has 0 atom stereocenters. The van der Waals surface area contributed by atoms with E-state index < -0.39 is 0 Å². The molecular weight excluding hydrogens is 354 g/mol. The van der Waals surface area contributed by atoms with Crippen molar-refractivity contribution in [3.63, 3.8) is 0 Å². The number of anilines is 1. The van der Waals surface area contributed by atoms with E-state index in [4.69, 9.17) is 0 Å². The average molecular weight is 379 g/mol. The van der Waals surface area contributed by atoms with E-state index in [0.29, 0.717) is 11.3 Å². The Bertz CT molecular complexity index is 869. The lowest BCUT2D eigenvalue weighted by molar-refractivity contribution is -0.120. The van der Waals surface area contributed by atoms with Crippen LogP contribution in [-0.4, -0.2) is 22.6 Å². The van der Waals surface area contributed by atoms with Crippen LogP contribution >= 0.6 is 0 Å². The van der Waals surface area contributed by atoms with Crippen molar-refractivity contribution in [1.82, 2.24) is 5.43 Å². The smallest absolute Gasteiger partial charge is 0.271 e. The van der Waals surface area contributed by atoms with Gasteiger partial charge in [0.15, 0.2) is 0 Å². The molecule has 3 N–H and O–H groups in total. The number of hydrogen-bond acceptors (Lipinski definition) is 4. The normalized spacial score (nSPS) is 15.1. The molecule has 0 radical (unpaired) electrons. The summed E-state index contributed by atoms with van der Waals surface area (Å²) in [5.74, 6) is -0.0896. The fourth-order valence-corrected chi connectivity index (χ4v) is 3.31. The number of hydrogen-bond donors (Lipinski definition) is 3. The second kappa shape index (κ2) is 9.17. The Hall–Kier alpha value is -3.15. The number of hydrazone groups is 1. The predicted molar refractivity (Wildman–Crippen MR) is 109 cm³/mol. The molecule has 2 amide bonds. The lowest BCUT2D eigenvalue weighted by Gasteiger charge is -2.20. The highest BCUT2D eigenvalue weighted by atomic mass is 16.3. The fourth-order valence-electron chi connectivity index (χ4n) is 3.31. The third-order valence-electron chi connectivity index (χ3n) is 4.98. The van der Waals surface area contributed by atoms with Crippen LogP contribution in [0.4, 0.5) is 5.69 Å². The number of carbonyl (C=O) groups is 2. The first-order chi connectivity index (χ1) is 13.5. The standard InChI is InChI=1S/C22H25N3O3/c1-15(24-25-22(28)17-10-12-20(26)13-11-17)18-8-5-9-19(14-18)23-21(27)16-6-3-2-4-7-16/h5,8-14,16,26H,2-4,6-7H2,1H3,(H,23,27)(H,25,28). The lowest BCUT2D eigenvalue weighted by Crippen LogP contribution is -2.24. The summed E-state index contributed by atoms with van der Waals surface area (Å²) in [7, 11) is 0. The Morgan fingerprint density at radius 2 is 1.71 bits per heavy atom. The van der Waals surface area contributed by atoms with E-state index in [9.17, 15) is 14.7 Å². The second-order valence-electron chi connectivity index (χ2n) is 7.09. The molecule has 0 aromatic heterocycles. The van der Waals surface area contributed by atoms with Crippen LogP contribution in [0.3, 0.4) is 0 Å². The van der Waals surface area contributed by atoms with Gasteiger partial charge in [-0.1, -0.05) is 31.4 Å². The van der Waals surface area contributed by atoms with Crippen molar-refractivity contribution in [2.24, 2.45) is 11.0 Å². The molecule has 1 aliphatic rings. The third-order valence-corrected chi connectivity index (χ3v) is 4.98. The Morgan fingerprint density at radius 3 is 2.43 bits per heavy atom. The average Bonchev–Trinajstić information content (AvgIpc) is 2.73. The maximum atomic E-state index is 12.4. The van der Waals surface area contributed by atoms with Crippen LogP contribution in [0.15, 0.2) is 53.6 Å². The summed E-state index contributed by atoms with van der Waals surface area (Å²) >= 11 is 0. The lowest BCUT2D eigenvalue weighted by atomic mass is 9.88. The fraction of sp³-hybridized carbons (Fsp3) is 0.318. The number of phenols is 1. The Morgan fingerprint density at radius 1 is 1.00 bits per heavy atom. The van der Waals surface area contributed by atoms with Crippen molar-refractivity contribution in [3.05, 3.63) is 59.7 Å². The summed E-state index contributed by atoms with van der Waals surface area (Å²) in [5.41, 5.74) is 5.08. The summed E-state index contributed by atoms with van der Waals surface area (Å²) < 4.78 is 0. The largest absolute Gasteiger partial charge is 0.508 e. The van der Waals surface area contributed by atoms with Crippen molar-refractivity contribution < 1.29 is 14.7 Å². The number of rotatable bonds is 5. The molecular formula is C22H25N3O3. The van der Waals surface area contributed by atoms with E-state index in [1.165, 1.54) is 30.7 Å². The summed E-state index contributed by atoms with van der Waals surface area (Å²) in [5, 5.41) is 16.4. The van der Waals surface area contributed by atoms with Crippen molar-refractivity contribution in [2.75, 3.05) is 5.32 Å². The highest BCUT2D eigenvalue weighted by molar-refractivity contribution is 6.02. The van der Waals surface area contributed by atoms with Gasteiger partial charge in [-0.2, -0.15) is 5.10 Å². The SMILES string of the molecule is CC(=NNC(=O)c1ccc(O)cc1)c1cccc(NC(=O)C2CCCCC2)c1. The van der Waals surface area contributed by atoms with Crippen LogP contribution in [0.25, 0.3) is 0 Å². The molecule has 1 fully saturated rings. The van der Waals surface area contributed by atoms with Gasteiger partial charge in [0.2, 0.25) is 5.91 Å². The molecule has 0 spiro atoms. The molecule has 2 aromatic rings. The van der Waals surface area contributed by atoms with Crippen LogP contribution in [0.2, 0.25) is 0 Å². The molecule has 6 nitrogen and oxygen atoms in total. The van der Waals surface area contributed by atoms with Gasteiger partial charge in [-0.3, -0.25) is 9.59 Å². The van der Waals surface area contributed by atoms with Gasteiger partial charge in [-0.05, 0) is 61.7 Å². The number of nitrogens with zero attached hydrogens (tertiary/aromatic N) is 1. The van der Waals surface area contributed by atoms with Crippen LogP contribution in [0, 0.1) is 5.92 Å².